The molecule has 4 heterocycles. The summed E-state index contributed by atoms with van der Waals surface area (Å²) in [5, 5.41) is 21.0. The fraction of sp³-hybridized carbons (Fsp3) is 0.471. The summed E-state index contributed by atoms with van der Waals surface area (Å²) in [6.45, 7) is 1.16. The van der Waals surface area contributed by atoms with Gasteiger partial charge in [0, 0.05) is 38.7 Å². The molecular formula is C17H17BrClN7O5S2. The lowest BCUT2D eigenvalue weighted by molar-refractivity contribution is -0.158. The number of carbonyl (C=O) groups excluding carboxylic acids is 2. The highest BCUT2D eigenvalue weighted by atomic mass is 79.9. The minimum absolute atomic E-state index is 0.106. The third kappa shape index (κ3) is 3.74. The number of carboxylic acids is 1. The van der Waals surface area contributed by atoms with E-state index in [1.807, 2.05) is 0 Å². The van der Waals surface area contributed by atoms with Gasteiger partial charge in [0.15, 0.2) is 11.9 Å². The van der Waals surface area contributed by atoms with Crippen molar-refractivity contribution in [2.75, 3.05) is 17.3 Å². The maximum atomic E-state index is 13.2. The molecule has 2 aliphatic rings. The molecule has 33 heavy (non-hydrogen) atoms. The Hall–Kier alpha value is -2.10. The normalized spacial score (nSPS) is 25.2. The molecule has 0 aromatic carbocycles. The van der Waals surface area contributed by atoms with Crippen LogP contribution in [0.5, 0.6) is 0 Å². The second kappa shape index (κ2) is 8.60. The molecule has 1 N–H and O–H groups in total. The molecule has 2 aromatic heterocycles. The molecule has 176 valence electrons. The molecule has 2 fully saturated rings. The first-order valence-corrected chi connectivity index (χ1v) is 12.2. The molecule has 2 saturated heterocycles. The Morgan fingerprint density at radius 2 is 2.12 bits per heavy atom. The lowest BCUT2D eigenvalue weighted by Crippen LogP contribution is -2.76. The average molecular weight is 579 g/mol. The lowest BCUT2D eigenvalue weighted by Gasteiger charge is -2.56. The number of thiol groups is 1. The quantitative estimate of drug-likeness (QED) is 0.378. The summed E-state index contributed by atoms with van der Waals surface area (Å²) in [5.74, 6) is -1.65. The van der Waals surface area contributed by atoms with Crippen molar-refractivity contribution in [1.82, 2.24) is 29.8 Å². The van der Waals surface area contributed by atoms with Gasteiger partial charge in [0.05, 0.1) is 9.72 Å². The van der Waals surface area contributed by atoms with E-state index in [1.165, 1.54) is 50.3 Å². The number of aliphatic carboxylic acids is 1. The predicted molar refractivity (Wildman–Crippen MR) is 125 cm³/mol. The number of aromatic nitrogens is 5. The molecule has 12 nitrogen and oxygen atoms in total. The molecule has 4 atom stereocenters. The molecule has 2 amide bonds. The number of fused-ring (bicyclic) bond motifs is 1. The van der Waals surface area contributed by atoms with Gasteiger partial charge in [-0.2, -0.15) is 12.6 Å². The highest BCUT2D eigenvalue weighted by Crippen LogP contribution is 2.50. The number of β-lactam (4-membered cyclic amide) rings is 1. The minimum Gasteiger partial charge on any atom is -0.481 e. The molecular weight excluding hydrogens is 562 g/mol. The van der Waals surface area contributed by atoms with Crippen molar-refractivity contribution < 1.29 is 19.5 Å². The van der Waals surface area contributed by atoms with Gasteiger partial charge in [0.25, 0.3) is 5.91 Å². The fourth-order valence-electron chi connectivity index (χ4n) is 3.92. The van der Waals surface area contributed by atoms with E-state index < -0.39 is 45.3 Å². The molecule has 4 rings (SSSR count). The zero-order valence-electron chi connectivity index (χ0n) is 17.1. The maximum absolute atomic E-state index is 13.2. The van der Waals surface area contributed by atoms with Gasteiger partial charge in [-0.15, -0.1) is 16.9 Å². The molecule has 0 radical (unpaired) electrons. The van der Waals surface area contributed by atoms with Crippen molar-refractivity contribution >= 4 is 69.7 Å². The van der Waals surface area contributed by atoms with E-state index in [1.54, 1.807) is 7.05 Å². The van der Waals surface area contributed by atoms with E-state index in [0.717, 1.165) is 0 Å². The van der Waals surface area contributed by atoms with Crippen molar-refractivity contribution in [3.05, 3.63) is 37.9 Å². The molecule has 2 aliphatic heterocycles. The first kappa shape index (κ1) is 24.0. The third-order valence-electron chi connectivity index (χ3n) is 5.68. The third-order valence-corrected chi connectivity index (χ3v) is 8.78. The first-order chi connectivity index (χ1) is 15.5. The van der Waals surface area contributed by atoms with Crippen LogP contribution in [-0.4, -0.2) is 76.4 Å². The zero-order chi connectivity index (χ0) is 24.2. The predicted octanol–water partition coefficient (Wildman–Crippen LogP) is 0.298. The van der Waals surface area contributed by atoms with E-state index in [2.05, 4.69) is 44.1 Å². The fourth-order valence-corrected chi connectivity index (χ4v) is 6.90. The summed E-state index contributed by atoms with van der Waals surface area (Å²) in [5.41, 5.74) is -1.90. The lowest BCUT2D eigenvalue weighted by atomic mass is 9.83. The smallest absolute Gasteiger partial charge is 0.313 e. The van der Waals surface area contributed by atoms with Crippen LogP contribution < -0.4 is 10.4 Å². The van der Waals surface area contributed by atoms with Gasteiger partial charge < -0.3 is 10.0 Å². The molecule has 0 spiro atoms. The van der Waals surface area contributed by atoms with Crippen molar-refractivity contribution in [3.63, 3.8) is 0 Å². The number of hydrogen-bond acceptors (Lipinski definition) is 9. The number of hydrogen-bond donors (Lipinski definition) is 2. The Morgan fingerprint density at radius 3 is 2.67 bits per heavy atom. The van der Waals surface area contributed by atoms with Crippen molar-refractivity contribution in [2.45, 2.75) is 23.6 Å². The Labute approximate surface area is 209 Å². The van der Waals surface area contributed by atoms with Gasteiger partial charge in [-0.1, -0.05) is 11.6 Å². The number of nitrogens with zero attached hydrogens (tertiary/aromatic N) is 7. The molecule has 3 unspecified atom stereocenters. The summed E-state index contributed by atoms with van der Waals surface area (Å²) in [6.07, 6.45) is 2.61. The van der Waals surface area contributed by atoms with E-state index >= 15 is 0 Å². The number of carbonyl (C=O) groups is 3. The Morgan fingerprint density at radius 1 is 1.42 bits per heavy atom. The minimum atomic E-state index is -1.45. The van der Waals surface area contributed by atoms with E-state index in [0.29, 0.717) is 0 Å². The Kier molecular flexibility index (Phi) is 6.26. The summed E-state index contributed by atoms with van der Waals surface area (Å²) in [7, 11) is 1.58. The number of halogens is 2. The monoisotopic (exact) mass is 577 g/mol. The van der Waals surface area contributed by atoms with Crippen LogP contribution >= 0.6 is 51.9 Å². The van der Waals surface area contributed by atoms with Crippen molar-refractivity contribution in [2.24, 2.45) is 12.5 Å². The largest absolute Gasteiger partial charge is 0.481 e. The SMILES string of the molecule is CC(=O)N(C1C(=O)N2CC(C(=O)O)(C(S)c3nnnn3C)CS[C@H]12)n1cc(Cl)c(=O)c(Br)c1. The number of pyridine rings is 1. The number of carboxylic acid groups (broad SMARTS) is 1. The molecule has 16 heteroatoms. The summed E-state index contributed by atoms with van der Waals surface area (Å²) in [4.78, 5) is 51.4. The average Bonchev–Trinajstić information content (AvgIpc) is 3.19. The van der Waals surface area contributed by atoms with Gasteiger partial charge in [0.1, 0.15) is 15.8 Å². The van der Waals surface area contributed by atoms with Crippen LogP contribution in [0.1, 0.15) is 18.0 Å². The second-order valence-electron chi connectivity index (χ2n) is 7.66. The number of thioether (sulfide) groups is 1. The molecule has 0 saturated carbocycles. The van der Waals surface area contributed by atoms with Crippen molar-refractivity contribution in [1.29, 1.82) is 0 Å². The van der Waals surface area contributed by atoms with Crippen LogP contribution in [0.25, 0.3) is 0 Å². The topological polar surface area (TPSA) is 144 Å². The molecule has 2 aromatic rings. The van der Waals surface area contributed by atoms with Gasteiger partial charge >= 0.3 is 5.97 Å². The van der Waals surface area contributed by atoms with Gasteiger partial charge in [-0.05, 0) is 26.4 Å². The van der Waals surface area contributed by atoms with Crippen LogP contribution in [-0.2, 0) is 21.4 Å². The summed E-state index contributed by atoms with van der Waals surface area (Å²) >= 11 is 14.8. The number of aryl methyl sites for hydroxylation is 1. The highest BCUT2D eigenvalue weighted by Gasteiger charge is 2.62. The maximum Gasteiger partial charge on any atom is 0.313 e. The summed E-state index contributed by atoms with van der Waals surface area (Å²) < 4.78 is 2.76. The van der Waals surface area contributed by atoms with Crippen LogP contribution in [0.2, 0.25) is 5.02 Å². The van der Waals surface area contributed by atoms with Gasteiger partial charge in [0.2, 0.25) is 11.3 Å². The standard InChI is InChI=1S/C17H17BrClN7O5S2/c1-7(27)26(24-3-8(18)11(28)9(19)4-24)10-14(29)25-5-17(16(30)31,6-33-15(10)25)12(32)13-20-21-22-23(13)2/h3-4,10,12,15,32H,5-6H2,1-2H3,(H,30,31)/t10?,12?,15-,17?/m1/s1. The number of tetrazole rings is 1. The van der Waals surface area contributed by atoms with Gasteiger partial charge in [-0.25, -0.2) is 9.69 Å². The first-order valence-electron chi connectivity index (χ1n) is 9.43. The van der Waals surface area contributed by atoms with E-state index in [4.69, 9.17) is 11.6 Å². The number of rotatable bonds is 5. The van der Waals surface area contributed by atoms with E-state index in [9.17, 15) is 24.3 Å². The molecule has 0 aliphatic carbocycles. The van der Waals surface area contributed by atoms with E-state index in [-0.39, 0.29) is 27.6 Å². The second-order valence-corrected chi connectivity index (χ2v) is 10.5. The van der Waals surface area contributed by atoms with Crippen LogP contribution in [0.4, 0.5) is 0 Å². The zero-order valence-corrected chi connectivity index (χ0v) is 21.2. The van der Waals surface area contributed by atoms with Gasteiger partial charge in [-0.3, -0.25) is 23.9 Å². The molecule has 0 bridgehead atoms. The van der Waals surface area contributed by atoms with Crippen molar-refractivity contribution in [3.8, 4) is 0 Å². The summed E-state index contributed by atoms with van der Waals surface area (Å²) in [6, 6.07) is -0.903. The number of amides is 2. The van der Waals surface area contributed by atoms with Crippen LogP contribution in [0.15, 0.2) is 21.7 Å². The van der Waals surface area contributed by atoms with Crippen LogP contribution in [0.3, 0.4) is 0 Å². The Bertz CT molecular complexity index is 1200. The Balaban J connectivity index is 1.65. The highest BCUT2D eigenvalue weighted by molar-refractivity contribution is 9.10. The van der Waals surface area contributed by atoms with Crippen LogP contribution in [0, 0.1) is 5.41 Å².